The molecule has 0 saturated carbocycles. The summed E-state index contributed by atoms with van der Waals surface area (Å²) in [5, 5.41) is 14.1. The monoisotopic (exact) mass is 472 g/mol. The molecule has 3 heterocycles. The highest BCUT2D eigenvalue weighted by Crippen LogP contribution is 2.34. The molecule has 2 N–H and O–H groups in total. The van der Waals surface area contributed by atoms with Gasteiger partial charge >= 0.3 is 6.18 Å². The lowest BCUT2D eigenvalue weighted by Gasteiger charge is -2.34. The van der Waals surface area contributed by atoms with Crippen LogP contribution in [0.3, 0.4) is 0 Å². The Hall–Kier alpha value is -3.11. The van der Waals surface area contributed by atoms with Crippen LogP contribution in [0.4, 0.5) is 24.9 Å². The molecule has 0 spiro atoms. The average molecular weight is 473 g/mol. The number of alkyl halides is 3. The highest BCUT2D eigenvalue weighted by atomic mass is 19.4. The molecule has 10 heteroatoms. The molecule has 0 amide bonds. The van der Waals surface area contributed by atoms with Gasteiger partial charge in [0.2, 0.25) is 5.95 Å². The fourth-order valence-corrected chi connectivity index (χ4v) is 3.93. The number of halogens is 3. The summed E-state index contributed by atoms with van der Waals surface area (Å²) in [6, 6.07) is 8.26. The zero-order chi connectivity index (χ0) is 24.5. The Kier molecular flexibility index (Phi) is 6.55. The number of aliphatic hydroxyl groups is 1. The Balaban J connectivity index is 1.86. The van der Waals surface area contributed by atoms with Crippen LogP contribution in [0.2, 0.25) is 0 Å². The fourth-order valence-electron chi connectivity index (χ4n) is 3.93. The van der Waals surface area contributed by atoms with Crippen LogP contribution < -0.4 is 10.2 Å². The molecule has 0 radical (unpaired) electrons. The third kappa shape index (κ3) is 5.34. The number of benzene rings is 1. The molecular weight excluding hydrogens is 445 g/mol. The van der Waals surface area contributed by atoms with E-state index >= 15 is 0 Å². The summed E-state index contributed by atoms with van der Waals surface area (Å²) < 4.78 is 39.2. The van der Waals surface area contributed by atoms with Gasteiger partial charge in [-0.25, -0.2) is 19.9 Å². The van der Waals surface area contributed by atoms with E-state index in [0.717, 1.165) is 38.1 Å². The molecule has 0 atom stereocenters. The Labute approximate surface area is 196 Å². The minimum absolute atomic E-state index is 0.0491. The van der Waals surface area contributed by atoms with Crippen molar-refractivity contribution < 1.29 is 18.3 Å². The molecule has 3 aromatic rings. The first-order valence-electron chi connectivity index (χ1n) is 11.1. The van der Waals surface area contributed by atoms with Crippen LogP contribution in [0.5, 0.6) is 0 Å². The molecule has 1 aromatic carbocycles. The van der Waals surface area contributed by atoms with E-state index in [9.17, 15) is 18.3 Å². The third-order valence-electron chi connectivity index (χ3n) is 5.75. The first kappa shape index (κ1) is 24.0. The van der Waals surface area contributed by atoms with Gasteiger partial charge in [0, 0.05) is 17.8 Å². The Morgan fingerprint density at radius 1 is 1.00 bits per heavy atom. The summed E-state index contributed by atoms with van der Waals surface area (Å²) in [6.07, 6.45) is -1.10. The summed E-state index contributed by atoms with van der Waals surface area (Å²) in [7, 11) is 0. The highest BCUT2D eigenvalue weighted by Gasteiger charge is 2.31. The quantitative estimate of drug-likeness (QED) is 0.570. The zero-order valence-electron chi connectivity index (χ0n) is 19.3. The van der Waals surface area contributed by atoms with E-state index in [2.05, 4.69) is 20.3 Å². The van der Waals surface area contributed by atoms with Crippen molar-refractivity contribution in [3.63, 3.8) is 0 Å². The van der Waals surface area contributed by atoms with Gasteiger partial charge in [0.15, 0.2) is 0 Å². The van der Waals surface area contributed by atoms with Crippen LogP contribution >= 0.6 is 0 Å². The van der Waals surface area contributed by atoms with Crippen molar-refractivity contribution >= 4 is 11.8 Å². The summed E-state index contributed by atoms with van der Waals surface area (Å²) in [4.78, 5) is 20.1. The number of rotatable bonds is 5. The van der Waals surface area contributed by atoms with Gasteiger partial charge in [0.1, 0.15) is 17.2 Å². The molecule has 0 aliphatic carbocycles. The second kappa shape index (κ2) is 9.27. The van der Waals surface area contributed by atoms with Crippen LogP contribution in [0.25, 0.3) is 11.3 Å². The van der Waals surface area contributed by atoms with Crippen molar-refractivity contribution in [2.45, 2.75) is 51.4 Å². The number of nitrogens with one attached hydrogen (secondary N) is 1. The Morgan fingerprint density at radius 3 is 2.26 bits per heavy atom. The van der Waals surface area contributed by atoms with Crippen LogP contribution in [0.15, 0.2) is 42.6 Å². The van der Waals surface area contributed by atoms with Crippen molar-refractivity contribution in [2.24, 2.45) is 0 Å². The van der Waals surface area contributed by atoms with E-state index in [1.54, 1.807) is 39.1 Å². The predicted molar refractivity (Wildman–Crippen MR) is 123 cm³/mol. The maximum absolute atomic E-state index is 13.1. The first-order valence-corrected chi connectivity index (χ1v) is 11.1. The number of nitrogens with zero attached hydrogens (tertiary/aromatic N) is 5. The molecule has 7 nitrogen and oxygen atoms in total. The standard InChI is InChI=1S/C24H27F3N6O/c1-15-29-13-10-21(30-15)33(18-8-11-28-12-9-18)22-31-19(14-20(32-22)23(2,3)34)16-4-6-17(7-5-16)24(25,26)27/h4-7,10,13-14,18,28,34H,8-9,11-12H2,1-3H3. The van der Waals surface area contributed by atoms with Crippen molar-refractivity contribution in [3.8, 4) is 11.3 Å². The van der Waals surface area contributed by atoms with Crippen LogP contribution in [-0.2, 0) is 11.8 Å². The Bertz CT molecular complexity index is 1140. The SMILES string of the molecule is Cc1nccc(N(c2nc(-c3ccc(C(F)(F)F)cc3)cc(C(C)(C)O)n2)C2CCNCC2)n1. The van der Waals surface area contributed by atoms with E-state index in [-0.39, 0.29) is 6.04 Å². The van der Waals surface area contributed by atoms with Gasteiger partial charge in [-0.1, -0.05) is 12.1 Å². The smallest absolute Gasteiger partial charge is 0.384 e. The van der Waals surface area contributed by atoms with E-state index in [1.165, 1.54) is 12.1 Å². The lowest BCUT2D eigenvalue weighted by atomic mass is 10.0. The molecular formula is C24H27F3N6O. The molecule has 1 aliphatic heterocycles. The van der Waals surface area contributed by atoms with Gasteiger partial charge in [-0.05, 0) is 71.0 Å². The molecule has 34 heavy (non-hydrogen) atoms. The predicted octanol–water partition coefficient (Wildman–Crippen LogP) is 4.38. The summed E-state index contributed by atoms with van der Waals surface area (Å²) in [6.45, 7) is 6.66. The normalized spacial score (nSPS) is 15.4. The number of hydrogen-bond donors (Lipinski definition) is 2. The highest BCUT2D eigenvalue weighted by molar-refractivity contribution is 5.64. The second-order valence-electron chi connectivity index (χ2n) is 8.89. The molecule has 1 aliphatic rings. The number of aryl methyl sites for hydroxylation is 1. The largest absolute Gasteiger partial charge is 0.416 e. The average Bonchev–Trinajstić information content (AvgIpc) is 2.79. The Morgan fingerprint density at radius 2 is 1.68 bits per heavy atom. The van der Waals surface area contributed by atoms with Crippen LogP contribution in [-0.4, -0.2) is 44.2 Å². The van der Waals surface area contributed by atoms with Gasteiger partial charge in [-0.15, -0.1) is 0 Å². The molecule has 1 fully saturated rings. The van der Waals surface area contributed by atoms with E-state index in [4.69, 9.17) is 4.98 Å². The lowest BCUT2D eigenvalue weighted by Crippen LogP contribution is -2.42. The fraction of sp³-hybridized carbons (Fsp3) is 0.417. The molecule has 2 aromatic heterocycles. The number of hydrogen-bond acceptors (Lipinski definition) is 7. The van der Waals surface area contributed by atoms with Crippen molar-refractivity contribution in [2.75, 3.05) is 18.0 Å². The second-order valence-corrected chi connectivity index (χ2v) is 8.89. The van der Waals surface area contributed by atoms with Gasteiger partial charge in [-0.2, -0.15) is 13.2 Å². The zero-order valence-corrected chi connectivity index (χ0v) is 19.3. The maximum Gasteiger partial charge on any atom is 0.416 e. The number of aromatic nitrogens is 4. The van der Waals surface area contributed by atoms with E-state index in [0.29, 0.717) is 34.5 Å². The topological polar surface area (TPSA) is 87.1 Å². The number of piperidine rings is 1. The molecule has 1 saturated heterocycles. The minimum atomic E-state index is -4.43. The summed E-state index contributed by atoms with van der Waals surface area (Å²) in [5.41, 5.74) is -0.760. The minimum Gasteiger partial charge on any atom is -0.384 e. The van der Waals surface area contributed by atoms with Gasteiger partial charge < -0.3 is 10.4 Å². The summed E-state index contributed by atoms with van der Waals surface area (Å²) >= 11 is 0. The lowest BCUT2D eigenvalue weighted by molar-refractivity contribution is -0.137. The first-order chi connectivity index (χ1) is 16.0. The number of anilines is 2. The molecule has 0 unspecified atom stereocenters. The van der Waals surface area contributed by atoms with Crippen molar-refractivity contribution in [1.82, 2.24) is 25.3 Å². The molecule has 0 bridgehead atoms. The van der Waals surface area contributed by atoms with Crippen LogP contribution in [0.1, 0.15) is 43.8 Å². The summed E-state index contributed by atoms with van der Waals surface area (Å²) in [5.74, 6) is 1.56. The molecule has 4 rings (SSSR count). The van der Waals surface area contributed by atoms with Crippen molar-refractivity contribution in [3.05, 3.63) is 59.7 Å². The van der Waals surface area contributed by atoms with Gasteiger partial charge in [-0.3, -0.25) is 4.90 Å². The van der Waals surface area contributed by atoms with E-state index in [1.807, 2.05) is 4.90 Å². The maximum atomic E-state index is 13.1. The van der Waals surface area contributed by atoms with Crippen molar-refractivity contribution in [1.29, 1.82) is 0 Å². The van der Waals surface area contributed by atoms with E-state index < -0.39 is 17.3 Å². The van der Waals surface area contributed by atoms with Crippen LogP contribution in [0, 0.1) is 6.92 Å². The van der Waals surface area contributed by atoms with Gasteiger partial charge in [0.25, 0.3) is 0 Å². The third-order valence-corrected chi connectivity index (χ3v) is 5.75. The van der Waals surface area contributed by atoms with Gasteiger partial charge in [0.05, 0.1) is 17.0 Å². The molecule has 180 valence electrons.